The van der Waals surface area contributed by atoms with Gasteiger partial charge in [0, 0.05) is 62.1 Å². The molecule has 8 amide bonds. The fraction of sp³-hybridized carbons (Fsp3) is 0.479. The van der Waals surface area contributed by atoms with E-state index in [4.69, 9.17) is 28.7 Å². The Balaban J connectivity index is 1.83. The topological polar surface area (TPSA) is 429 Å². The Bertz CT molecular complexity index is 2550. The summed E-state index contributed by atoms with van der Waals surface area (Å²) < 4.78 is -1.29. The summed E-state index contributed by atoms with van der Waals surface area (Å²) in [4.78, 5) is 135. The number of guanidine groups is 2. The number of carbonyl (C=O) groups is 9. The SMILES string of the molecule is CC(=O)N[C@@H](CCCN=C(N)N)C(=O)N[C@H]1CCSSC(C)(C)[C@@H](C(=O)O)NC(=O)[C@H](Cc2c[nH]c3ccccc23)NC(=O)[C@H](CCCN=C(N)N)NC(=O)[C@@H](Cc2ccccc2)NC(=O)[C@H](CCC(N)=O)NC1=O. The average Bonchev–Trinajstić information content (AvgIpc) is 3.75. The molecule has 4 rings (SSSR count). The third-order valence-electron chi connectivity index (χ3n) is 11.8. The van der Waals surface area contributed by atoms with Crippen molar-refractivity contribution in [1.29, 1.82) is 0 Å². The van der Waals surface area contributed by atoms with Gasteiger partial charge in [-0.1, -0.05) is 70.1 Å². The summed E-state index contributed by atoms with van der Waals surface area (Å²) in [6, 6.07) is 5.83. The molecule has 1 aromatic heterocycles. The van der Waals surface area contributed by atoms with Crippen molar-refractivity contribution in [3.8, 4) is 0 Å². The number of rotatable bonds is 19. The highest BCUT2D eigenvalue weighted by Crippen LogP contribution is 2.39. The molecule has 2 heterocycles. The van der Waals surface area contributed by atoms with Gasteiger partial charge in [0.2, 0.25) is 47.3 Å². The van der Waals surface area contributed by atoms with Crippen molar-refractivity contribution in [2.24, 2.45) is 38.7 Å². The van der Waals surface area contributed by atoms with Crippen LogP contribution in [0.4, 0.5) is 0 Å². The van der Waals surface area contributed by atoms with Gasteiger partial charge in [-0.2, -0.15) is 0 Å². The summed E-state index contributed by atoms with van der Waals surface area (Å²) in [7, 11) is 2.18. The van der Waals surface area contributed by atoms with Crippen molar-refractivity contribution in [2.45, 2.75) is 126 Å². The van der Waals surface area contributed by atoms with Gasteiger partial charge in [-0.25, -0.2) is 4.79 Å². The number of nitrogens with zero attached hydrogens (tertiary/aromatic N) is 2. The maximum Gasteiger partial charge on any atom is 0.327 e. The number of fused-ring (bicyclic) bond motifs is 1. The highest BCUT2D eigenvalue weighted by Gasteiger charge is 2.40. The van der Waals surface area contributed by atoms with Crippen LogP contribution >= 0.6 is 21.6 Å². The Morgan fingerprint density at radius 2 is 1.29 bits per heavy atom. The first-order chi connectivity index (χ1) is 35.5. The van der Waals surface area contributed by atoms with Crippen molar-refractivity contribution in [1.82, 2.24) is 42.2 Å². The number of H-pyrrole nitrogens is 1. The number of nitrogens with two attached hydrogens (primary N) is 5. The predicted molar refractivity (Wildman–Crippen MR) is 286 cm³/mol. The molecule has 27 heteroatoms. The van der Waals surface area contributed by atoms with Gasteiger partial charge in [-0.15, -0.1) is 0 Å². The van der Waals surface area contributed by atoms with Crippen LogP contribution in [-0.4, -0.2) is 141 Å². The molecule has 0 radical (unpaired) electrons. The molecule has 0 aliphatic carbocycles. The van der Waals surface area contributed by atoms with Gasteiger partial charge in [0.15, 0.2) is 11.9 Å². The minimum atomic E-state index is -1.58. The first-order valence-electron chi connectivity index (χ1n) is 24.1. The van der Waals surface area contributed by atoms with Crippen LogP contribution in [0, 0.1) is 0 Å². The van der Waals surface area contributed by atoms with Crippen LogP contribution in [0.15, 0.2) is 70.8 Å². The number of aliphatic imine (C=N–C) groups is 2. The lowest BCUT2D eigenvalue weighted by Gasteiger charge is -2.32. The third-order valence-corrected chi connectivity index (χ3v) is 15.1. The smallest absolute Gasteiger partial charge is 0.327 e. The fourth-order valence-electron chi connectivity index (χ4n) is 7.95. The highest BCUT2D eigenvalue weighted by molar-refractivity contribution is 8.77. The number of carboxylic acid groups (broad SMARTS) is 1. The van der Waals surface area contributed by atoms with Crippen LogP contribution in [0.5, 0.6) is 0 Å². The van der Waals surface area contributed by atoms with E-state index in [1.54, 1.807) is 56.4 Å². The summed E-state index contributed by atoms with van der Waals surface area (Å²) >= 11 is 0. The summed E-state index contributed by atoms with van der Waals surface area (Å²) in [5.74, 6) is -8.29. The first-order valence-corrected chi connectivity index (χ1v) is 26.5. The van der Waals surface area contributed by atoms with E-state index in [0.29, 0.717) is 11.1 Å². The summed E-state index contributed by atoms with van der Waals surface area (Å²) in [5.41, 5.74) is 29.5. The molecule has 0 saturated carbocycles. The minimum absolute atomic E-state index is 0.0342. The molecular formula is C48H69N15O10S2. The van der Waals surface area contributed by atoms with E-state index in [1.165, 1.54) is 6.92 Å². The van der Waals surface area contributed by atoms with E-state index in [9.17, 15) is 48.3 Å². The number of carboxylic acids is 1. The number of para-hydroxylation sites is 1. The lowest BCUT2D eigenvalue weighted by Crippen LogP contribution is -2.61. The van der Waals surface area contributed by atoms with Crippen molar-refractivity contribution < 1.29 is 48.3 Å². The van der Waals surface area contributed by atoms with Gasteiger partial charge >= 0.3 is 5.97 Å². The number of aromatic nitrogens is 1. The third kappa shape index (κ3) is 20.0. The normalized spacial score (nSPS) is 21.5. The van der Waals surface area contributed by atoms with Gasteiger partial charge in [0.05, 0.1) is 4.75 Å². The number of nitrogens with one attached hydrogen (secondary N) is 8. The number of aromatic amines is 1. The molecule has 408 valence electrons. The van der Waals surface area contributed by atoms with Gasteiger partial charge in [0.25, 0.3) is 0 Å². The Morgan fingerprint density at radius 1 is 0.733 bits per heavy atom. The number of amides is 8. The lowest BCUT2D eigenvalue weighted by atomic mass is 10.00. The van der Waals surface area contributed by atoms with E-state index in [0.717, 1.165) is 32.5 Å². The maximum atomic E-state index is 14.6. The predicted octanol–water partition coefficient (Wildman–Crippen LogP) is -1.61. The van der Waals surface area contributed by atoms with Gasteiger partial charge in [-0.3, -0.25) is 48.3 Å². The molecule has 19 N–H and O–H groups in total. The van der Waals surface area contributed by atoms with E-state index in [-0.39, 0.29) is 82.1 Å². The van der Waals surface area contributed by atoms with Crippen molar-refractivity contribution in [3.63, 3.8) is 0 Å². The molecule has 1 aliphatic rings. The quantitative estimate of drug-likeness (QED) is 0.0278. The molecule has 1 aliphatic heterocycles. The highest BCUT2D eigenvalue weighted by atomic mass is 33.1. The van der Waals surface area contributed by atoms with Crippen molar-refractivity contribution >= 4 is 97.6 Å². The number of aliphatic carboxylic acids is 1. The van der Waals surface area contributed by atoms with Crippen LogP contribution in [0.2, 0.25) is 0 Å². The van der Waals surface area contributed by atoms with Crippen molar-refractivity contribution in [2.75, 3.05) is 18.8 Å². The number of hydrogen-bond acceptors (Lipinski definition) is 13. The van der Waals surface area contributed by atoms with Gasteiger partial charge in [0.1, 0.15) is 42.3 Å². The minimum Gasteiger partial charge on any atom is -0.480 e. The number of primary amides is 1. The molecule has 0 spiro atoms. The van der Waals surface area contributed by atoms with E-state index in [2.05, 4.69) is 52.2 Å². The zero-order valence-corrected chi connectivity index (χ0v) is 43.7. The zero-order chi connectivity index (χ0) is 55.2. The molecule has 3 aromatic rings. The first kappa shape index (κ1) is 60.0. The van der Waals surface area contributed by atoms with E-state index >= 15 is 0 Å². The Labute approximate surface area is 441 Å². The largest absolute Gasteiger partial charge is 0.480 e. The Kier molecular flexibility index (Phi) is 23.5. The molecule has 75 heavy (non-hydrogen) atoms. The monoisotopic (exact) mass is 1080 g/mol. The lowest BCUT2D eigenvalue weighted by molar-refractivity contribution is -0.143. The Morgan fingerprint density at radius 3 is 1.92 bits per heavy atom. The second-order valence-corrected chi connectivity index (χ2v) is 21.4. The summed E-state index contributed by atoms with van der Waals surface area (Å²) in [6.45, 7) is 4.51. The van der Waals surface area contributed by atoms with Crippen LogP contribution in [0.25, 0.3) is 10.9 Å². The van der Waals surface area contributed by atoms with Crippen LogP contribution < -0.4 is 65.9 Å². The second-order valence-electron chi connectivity index (χ2n) is 18.3. The van der Waals surface area contributed by atoms with E-state index in [1.807, 2.05) is 18.2 Å². The maximum absolute atomic E-state index is 14.6. The summed E-state index contributed by atoms with van der Waals surface area (Å²) in [6.07, 6.45) is 0.849. The fourth-order valence-corrected chi connectivity index (χ4v) is 10.7. The zero-order valence-electron chi connectivity index (χ0n) is 42.0. The van der Waals surface area contributed by atoms with Crippen molar-refractivity contribution in [3.05, 3.63) is 71.9 Å². The number of carbonyl (C=O) groups excluding carboxylic acids is 8. The van der Waals surface area contributed by atoms with Crippen LogP contribution in [0.3, 0.4) is 0 Å². The summed E-state index contributed by atoms with van der Waals surface area (Å²) in [5, 5.41) is 30.0. The van der Waals surface area contributed by atoms with Gasteiger partial charge < -0.3 is 76.0 Å². The van der Waals surface area contributed by atoms with Gasteiger partial charge in [-0.05, 0) is 69.6 Å². The van der Waals surface area contributed by atoms with E-state index < -0.39 is 107 Å². The molecule has 0 bridgehead atoms. The molecule has 25 nitrogen and oxygen atoms in total. The molecular weight excluding hydrogens is 1010 g/mol. The molecule has 2 aromatic carbocycles. The second kappa shape index (κ2) is 29.4. The Hall–Kier alpha value is -7.55. The molecule has 0 unspecified atom stereocenters. The molecule has 7 atom stereocenters. The average molecular weight is 1080 g/mol. The standard InChI is InChI=1S/C48H69N15O10S2/c1-26(64)57-31(15-9-20-54-46(50)51)39(66)60-34-19-22-74-75-48(2,3)38(45(72)73)63-44(71)36(24-28-25-56-30-14-8-7-13-29(28)30)62-40(67)32(16-10-21-55-47(52)53)58-43(70)35(23-27-11-5-4-6-12-27)61-41(68)33(59-42(34)69)17-18-37(49)65/h4-8,11-14,25,31-36,38,56H,9-10,15-24H2,1-3H3,(H2,49,65)(H,57,64)(H,58,70)(H,59,69)(H,60,66)(H,61,68)(H,62,67)(H,63,71)(H,72,73)(H4,50,51,54)(H4,52,53,55)/t31-,32-,33-,34-,35+,36-,38+/m0/s1. The molecule has 1 fully saturated rings. The number of hydrogen-bond donors (Lipinski definition) is 14. The molecule has 1 saturated heterocycles. The van der Waals surface area contributed by atoms with Crippen LogP contribution in [-0.2, 0) is 56.0 Å². The van der Waals surface area contributed by atoms with Crippen LogP contribution in [0.1, 0.15) is 76.8 Å². The number of benzene rings is 2.